The molecule has 1 aliphatic carbocycles. The predicted molar refractivity (Wildman–Crippen MR) is 89.6 cm³/mol. The van der Waals surface area contributed by atoms with Crippen LogP contribution in [0.4, 0.5) is 5.69 Å². The third-order valence-corrected chi connectivity index (χ3v) is 4.87. The Kier molecular flexibility index (Phi) is 5.29. The van der Waals surface area contributed by atoms with Crippen LogP contribution < -0.4 is 16.2 Å². The largest absolute Gasteiger partial charge is 0.323 e. The Bertz CT molecular complexity index is 600. The first-order valence-corrected chi connectivity index (χ1v) is 7.79. The number of amides is 1. The quantitative estimate of drug-likeness (QED) is 0.874. The van der Waals surface area contributed by atoms with E-state index >= 15 is 0 Å². The molecular formula is C16H24ClN3O2. The van der Waals surface area contributed by atoms with Crippen LogP contribution in [0.2, 0.25) is 0 Å². The van der Waals surface area contributed by atoms with Crippen LogP contribution in [0.25, 0.3) is 0 Å². The molecule has 1 aliphatic heterocycles. The molecule has 0 aromatic carbocycles. The van der Waals surface area contributed by atoms with E-state index in [1.807, 2.05) is 6.92 Å². The normalized spacial score (nSPS) is 26.9. The van der Waals surface area contributed by atoms with Crippen LogP contribution in [0.1, 0.15) is 37.7 Å². The number of anilines is 1. The molecule has 0 radical (unpaired) electrons. The molecule has 22 heavy (non-hydrogen) atoms. The van der Waals surface area contributed by atoms with Crippen LogP contribution in [-0.2, 0) is 11.8 Å². The molecule has 2 fully saturated rings. The molecule has 3 rings (SSSR count). The van der Waals surface area contributed by atoms with Crippen molar-refractivity contribution in [2.24, 2.45) is 13.0 Å². The van der Waals surface area contributed by atoms with Gasteiger partial charge in [0, 0.05) is 25.4 Å². The number of nitrogens with one attached hydrogen (secondary N) is 2. The summed E-state index contributed by atoms with van der Waals surface area (Å²) >= 11 is 0. The summed E-state index contributed by atoms with van der Waals surface area (Å²) in [5.41, 5.74) is 1.47. The number of fused-ring (bicyclic) bond motifs is 1. The number of rotatable bonds is 2. The third-order valence-electron chi connectivity index (χ3n) is 4.87. The van der Waals surface area contributed by atoms with E-state index in [0.717, 1.165) is 17.7 Å². The molecule has 0 spiro atoms. The van der Waals surface area contributed by atoms with Crippen molar-refractivity contribution >= 4 is 24.0 Å². The number of pyridine rings is 1. The molecular weight excluding hydrogens is 302 g/mol. The Morgan fingerprint density at radius 1 is 1.36 bits per heavy atom. The first-order valence-electron chi connectivity index (χ1n) is 7.79. The fourth-order valence-corrected chi connectivity index (χ4v) is 3.60. The Morgan fingerprint density at radius 3 is 2.82 bits per heavy atom. The van der Waals surface area contributed by atoms with Crippen LogP contribution in [0.5, 0.6) is 0 Å². The first-order chi connectivity index (χ1) is 10.0. The van der Waals surface area contributed by atoms with Gasteiger partial charge in [-0.3, -0.25) is 9.59 Å². The maximum Gasteiger partial charge on any atom is 0.250 e. The molecule has 3 atom stereocenters. The summed E-state index contributed by atoms with van der Waals surface area (Å²) in [6.07, 6.45) is 7.60. The highest BCUT2D eigenvalue weighted by Gasteiger charge is 2.38. The highest BCUT2D eigenvalue weighted by atomic mass is 35.5. The number of carbonyl (C=O) groups is 1. The zero-order chi connectivity index (χ0) is 15.0. The molecule has 122 valence electrons. The van der Waals surface area contributed by atoms with E-state index in [9.17, 15) is 9.59 Å². The fraction of sp³-hybridized carbons (Fsp3) is 0.625. The van der Waals surface area contributed by atoms with Crippen molar-refractivity contribution in [2.75, 3.05) is 5.32 Å². The molecule has 5 nitrogen and oxygen atoms in total. The lowest BCUT2D eigenvalue weighted by atomic mass is 9.85. The predicted octanol–water partition coefficient (Wildman–Crippen LogP) is 1.97. The van der Waals surface area contributed by atoms with Crippen LogP contribution >= 0.6 is 12.4 Å². The Balaban J connectivity index is 0.00000176. The summed E-state index contributed by atoms with van der Waals surface area (Å²) in [4.78, 5) is 24.0. The van der Waals surface area contributed by atoms with E-state index in [2.05, 4.69) is 10.6 Å². The van der Waals surface area contributed by atoms with Gasteiger partial charge >= 0.3 is 0 Å². The number of carbonyl (C=O) groups excluding carboxylic acids is 1. The number of halogens is 1. The number of hydrogen-bond donors (Lipinski definition) is 2. The van der Waals surface area contributed by atoms with Gasteiger partial charge in [0.25, 0.3) is 5.56 Å². The topological polar surface area (TPSA) is 63.1 Å². The molecule has 1 aromatic rings. The standard InChI is InChI=1S/C16H23N3O2.ClH/c1-10-7-15(20)19(2)9-14(10)18-16(21)13-8-11-5-3-4-6-12(11)17-13;/h7,9,11-13,17H,3-6,8H2,1-2H3,(H,18,21);1H. The average Bonchev–Trinajstić information content (AvgIpc) is 2.88. The number of aromatic nitrogens is 1. The summed E-state index contributed by atoms with van der Waals surface area (Å²) in [6, 6.07) is 1.96. The molecule has 2 heterocycles. The first kappa shape index (κ1) is 17.0. The molecule has 3 unspecified atom stereocenters. The number of nitrogens with zero attached hydrogens (tertiary/aromatic N) is 1. The average molecular weight is 326 g/mol. The van der Waals surface area contributed by atoms with Gasteiger partial charge < -0.3 is 15.2 Å². The van der Waals surface area contributed by atoms with Crippen molar-refractivity contribution in [1.82, 2.24) is 9.88 Å². The summed E-state index contributed by atoms with van der Waals surface area (Å²) in [7, 11) is 1.69. The molecule has 1 amide bonds. The second-order valence-corrected chi connectivity index (χ2v) is 6.41. The van der Waals surface area contributed by atoms with Crippen molar-refractivity contribution in [3.63, 3.8) is 0 Å². The van der Waals surface area contributed by atoms with Crippen molar-refractivity contribution in [2.45, 2.75) is 51.1 Å². The molecule has 2 aliphatic rings. The van der Waals surface area contributed by atoms with Gasteiger partial charge in [0.1, 0.15) is 0 Å². The van der Waals surface area contributed by atoms with Gasteiger partial charge in [-0.2, -0.15) is 0 Å². The van der Waals surface area contributed by atoms with Gasteiger partial charge in [-0.15, -0.1) is 12.4 Å². The van der Waals surface area contributed by atoms with Gasteiger partial charge in [0.2, 0.25) is 5.91 Å². The minimum atomic E-state index is -0.102. The molecule has 0 bridgehead atoms. The van der Waals surface area contributed by atoms with Gasteiger partial charge in [0.05, 0.1) is 11.7 Å². The molecule has 2 N–H and O–H groups in total. The van der Waals surface area contributed by atoms with Gasteiger partial charge in [-0.1, -0.05) is 12.8 Å². The van der Waals surface area contributed by atoms with Crippen LogP contribution in [-0.4, -0.2) is 22.6 Å². The Hall–Kier alpha value is -1.33. The number of hydrogen-bond acceptors (Lipinski definition) is 3. The molecule has 1 saturated carbocycles. The minimum Gasteiger partial charge on any atom is -0.323 e. The highest BCUT2D eigenvalue weighted by Crippen LogP contribution is 2.33. The molecule has 1 aromatic heterocycles. The van der Waals surface area contributed by atoms with Crippen molar-refractivity contribution in [3.8, 4) is 0 Å². The third kappa shape index (κ3) is 3.36. The Labute approximate surface area is 136 Å². The summed E-state index contributed by atoms with van der Waals surface area (Å²) < 4.78 is 1.49. The van der Waals surface area contributed by atoms with Crippen LogP contribution in [0.15, 0.2) is 17.1 Å². The van der Waals surface area contributed by atoms with Crippen LogP contribution in [0.3, 0.4) is 0 Å². The summed E-state index contributed by atoms with van der Waals surface area (Å²) in [5, 5.41) is 6.45. The van der Waals surface area contributed by atoms with E-state index in [0.29, 0.717) is 12.0 Å². The SMILES string of the molecule is Cc1cc(=O)n(C)cc1NC(=O)C1CC2CCCCC2N1.Cl. The van der Waals surface area contributed by atoms with E-state index < -0.39 is 0 Å². The summed E-state index contributed by atoms with van der Waals surface area (Å²) in [5.74, 6) is 0.668. The fourth-order valence-electron chi connectivity index (χ4n) is 3.60. The van der Waals surface area contributed by atoms with E-state index in [1.165, 1.54) is 30.3 Å². The smallest absolute Gasteiger partial charge is 0.250 e. The van der Waals surface area contributed by atoms with Crippen molar-refractivity contribution < 1.29 is 4.79 Å². The highest BCUT2D eigenvalue weighted by molar-refractivity contribution is 5.95. The lowest BCUT2D eigenvalue weighted by Gasteiger charge is -2.24. The lowest BCUT2D eigenvalue weighted by Crippen LogP contribution is -2.40. The maximum absolute atomic E-state index is 12.4. The van der Waals surface area contributed by atoms with Gasteiger partial charge in [0.15, 0.2) is 0 Å². The number of aryl methyl sites for hydroxylation is 2. The van der Waals surface area contributed by atoms with E-state index in [1.54, 1.807) is 19.3 Å². The monoisotopic (exact) mass is 325 g/mol. The zero-order valence-corrected chi connectivity index (χ0v) is 13.9. The maximum atomic E-state index is 12.4. The minimum absolute atomic E-state index is 0. The van der Waals surface area contributed by atoms with Gasteiger partial charge in [-0.25, -0.2) is 0 Å². The molecule has 1 saturated heterocycles. The van der Waals surface area contributed by atoms with E-state index in [4.69, 9.17) is 0 Å². The van der Waals surface area contributed by atoms with Crippen molar-refractivity contribution in [3.05, 3.63) is 28.2 Å². The second kappa shape index (κ2) is 6.84. The Morgan fingerprint density at radius 2 is 2.09 bits per heavy atom. The summed E-state index contributed by atoms with van der Waals surface area (Å²) in [6.45, 7) is 1.85. The van der Waals surface area contributed by atoms with E-state index in [-0.39, 0.29) is 29.9 Å². The van der Waals surface area contributed by atoms with Crippen molar-refractivity contribution in [1.29, 1.82) is 0 Å². The lowest BCUT2D eigenvalue weighted by molar-refractivity contribution is -0.117. The zero-order valence-electron chi connectivity index (χ0n) is 13.1. The second-order valence-electron chi connectivity index (χ2n) is 6.41. The van der Waals surface area contributed by atoms with Crippen LogP contribution in [0, 0.1) is 12.8 Å². The molecule has 6 heteroatoms. The van der Waals surface area contributed by atoms with Gasteiger partial charge in [-0.05, 0) is 37.7 Å².